The number of nitrogens with two attached hydrogens (primary N) is 2. The second-order valence-electron chi connectivity index (χ2n) is 4.15. The largest absolute Gasteiger partial charge is 0.457 e. The molecule has 0 saturated heterocycles. The van der Waals surface area contributed by atoms with Gasteiger partial charge in [-0.05, 0) is 19.8 Å². The van der Waals surface area contributed by atoms with Crippen LogP contribution in [0.4, 0.5) is 0 Å². The van der Waals surface area contributed by atoms with E-state index in [2.05, 4.69) is 0 Å². The number of hydrogen-bond acceptors (Lipinski definition) is 4. The Labute approximate surface area is 79.6 Å². The molecule has 4 N–H and O–H groups in total. The molecular formula is C9H20N2O2. The molecule has 0 saturated carbocycles. The number of ether oxygens (including phenoxy) is 1. The van der Waals surface area contributed by atoms with Gasteiger partial charge in [0.25, 0.3) is 0 Å². The first-order valence-corrected chi connectivity index (χ1v) is 4.48. The number of rotatable bonds is 4. The second kappa shape index (κ2) is 4.58. The Kier molecular flexibility index (Phi) is 4.36. The normalized spacial score (nSPS) is 14.4. The Bertz CT molecular complexity index is 178. The minimum atomic E-state index is -0.621. The minimum absolute atomic E-state index is 0.0843. The van der Waals surface area contributed by atoms with E-state index in [9.17, 15) is 4.79 Å². The van der Waals surface area contributed by atoms with Crippen LogP contribution < -0.4 is 11.5 Å². The van der Waals surface area contributed by atoms with Gasteiger partial charge in [0, 0.05) is 6.54 Å². The molecule has 0 aromatic rings. The standard InChI is InChI=1S/C9H20N2O2/c1-6(2)7(11)8(12)13-9(3,4)5-10/h6-7H,5,10-11H2,1-4H3/t7-/m0/s1. The summed E-state index contributed by atoms with van der Waals surface area (Å²) in [6.45, 7) is 7.57. The highest BCUT2D eigenvalue weighted by Gasteiger charge is 2.26. The highest BCUT2D eigenvalue weighted by molar-refractivity contribution is 5.76. The first-order chi connectivity index (χ1) is 5.80. The van der Waals surface area contributed by atoms with Crippen molar-refractivity contribution in [3.8, 4) is 0 Å². The van der Waals surface area contributed by atoms with Crippen LogP contribution in [0.1, 0.15) is 27.7 Å². The van der Waals surface area contributed by atoms with E-state index in [4.69, 9.17) is 16.2 Å². The number of carbonyl (C=O) groups is 1. The Hall–Kier alpha value is -0.610. The van der Waals surface area contributed by atoms with Gasteiger partial charge in [-0.2, -0.15) is 0 Å². The van der Waals surface area contributed by atoms with E-state index in [0.29, 0.717) is 6.54 Å². The predicted molar refractivity (Wildman–Crippen MR) is 52.0 cm³/mol. The van der Waals surface area contributed by atoms with Crippen LogP contribution in [-0.4, -0.2) is 24.2 Å². The Balaban J connectivity index is 4.15. The molecule has 0 aliphatic heterocycles. The van der Waals surface area contributed by atoms with Gasteiger partial charge in [-0.3, -0.25) is 4.79 Å². The van der Waals surface area contributed by atoms with Crippen molar-refractivity contribution in [2.45, 2.75) is 39.3 Å². The second-order valence-corrected chi connectivity index (χ2v) is 4.15. The SMILES string of the molecule is CC(C)[C@H](N)C(=O)OC(C)(C)CN. The van der Waals surface area contributed by atoms with E-state index in [0.717, 1.165) is 0 Å². The first kappa shape index (κ1) is 12.4. The van der Waals surface area contributed by atoms with E-state index in [1.54, 1.807) is 13.8 Å². The van der Waals surface area contributed by atoms with Crippen molar-refractivity contribution >= 4 is 5.97 Å². The third-order valence-electron chi connectivity index (χ3n) is 1.86. The molecule has 0 aliphatic carbocycles. The monoisotopic (exact) mass is 188 g/mol. The molecular weight excluding hydrogens is 168 g/mol. The zero-order valence-corrected chi connectivity index (χ0v) is 8.83. The summed E-state index contributed by atoms with van der Waals surface area (Å²) in [7, 11) is 0. The Morgan fingerprint density at radius 2 is 1.92 bits per heavy atom. The van der Waals surface area contributed by atoms with Gasteiger partial charge in [-0.15, -0.1) is 0 Å². The molecule has 0 heterocycles. The molecule has 0 fully saturated rings. The van der Waals surface area contributed by atoms with Gasteiger partial charge in [-0.1, -0.05) is 13.8 Å². The van der Waals surface area contributed by atoms with Gasteiger partial charge >= 0.3 is 5.97 Å². The van der Waals surface area contributed by atoms with Crippen molar-refractivity contribution < 1.29 is 9.53 Å². The third-order valence-corrected chi connectivity index (χ3v) is 1.86. The average Bonchev–Trinajstić information content (AvgIpc) is 2.02. The fourth-order valence-corrected chi connectivity index (χ4v) is 0.654. The lowest BCUT2D eigenvalue weighted by Crippen LogP contribution is -2.44. The van der Waals surface area contributed by atoms with Crippen molar-refractivity contribution in [1.29, 1.82) is 0 Å². The maximum absolute atomic E-state index is 11.4. The maximum atomic E-state index is 11.4. The average molecular weight is 188 g/mol. The lowest BCUT2D eigenvalue weighted by Gasteiger charge is -2.26. The summed E-state index contributed by atoms with van der Waals surface area (Å²) >= 11 is 0. The van der Waals surface area contributed by atoms with Gasteiger partial charge in [0.05, 0.1) is 0 Å². The summed E-state index contributed by atoms with van der Waals surface area (Å²) in [5, 5.41) is 0. The molecule has 0 unspecified atom stereocenters. The topological polar surface area (TPSA) is 78.3 Å². The molecule has 0 aromatic carbocycles. The zero-order chi connectivity index (χ0) is 10.6. The summed E-state index contributed by atoms with van der Waals surface area (Å²) in [6, 6.07) is -0.564. The molecule has 4 heteroatoms. The molecule has 4 nitrogen and oxygen atoms in total. The van der Waals surface area contributed by atoms with Gasteiger partial charge in [0.1, 0.15) is 11.6 Å². The zero-order valence-electron chi connectivity index (χ0n) is 8.83. The van der Waals surface area contributed by atoms with Gasteiger partial charge in [0.2, 0.25) is 0 Å². The van der Waals surface area contributed by atoms with Gasteiger partial charge < -0.3 is 16.2 Å². The van der Waals surface area contributed by atoms with Crippen LogP contribution in [-0.2, 0) is 9.53 Å². The van der Waals surface area contributed by atoms with Crippen molar-refractivity contribution in [2.75, 3.05) is 6.54 Å². The summed E-state index contributed by atoms with van der Waals surface area (Å²) in [5.74, 6) is -0.300. The smallest absolute Gasteiger partial charge is 0.323 e. The van der Waals surface area contributed by atoms with E-state index < -0.39 is 11.6 Å². The summed E-state index contributed by atoms with van der Waals surface area (Å²) in [5.41, 5.74) is 10.4. The lowest BCUT2D eigenvalue weighted by molar-refractivity contribution is -0.158. The summed E-state index contributed by atoms with van der Waals surface area (Å²) in [4.78, 5) is 11.4. The van der Waals surface area contributed by atoms with E-state index in [1.165, 1.54) is 0 Å². The third kappa shape index (κ3) is 4.24. The first-order valence-electron chi connectivity index (χ1n) is 4.48. The van der Waals surface area contributed by atoms with Crippen LogP contribution in [0.2, 0.25) is 0 Å². The van der Waals surface area contributed by atoms with Crippen molar-refractivity contribution in [2.24, 2.45) is 17.4 Å². The molecule has 0 spiro atoms. The minimum Gasteiger partial charge on any atom is -0.457 e. The lowest BCUT2D eigenvalue weighted by atomic mass is 10.1. The molecule has 78 valence electrons. The van der Waals surface area contributed by atoms with E-state index in [1.807, 2.05) is 13.8 Å². The van der Waals surface area contributed by atoms with E-state index >= 15 is 0 Å². The molecule has 0 rings (SSSR count). The highest BCUT2D eigenvalue weighted by atomic mass is 16.6. The van der Waals surface area contributed by atoms with Crippen LogP contribution in [0.15, 0.2) is 0 Å². The van der Waals surface area contributed by atoms with Gasteiger partial charge in [0.15, 0.2) is 0 Å². The molecule has 0 bridgehead atoms. The predicted octanol–water partition coefficient (Wildman–Crippen LogP) is 0.250. The highest BCUT2D eigenvalue weighted by Crippen LogP contribution is 2.10. The van der Waals surface area contributed by atoms with Crippen LogP contribution >= 0.6 is 0 Å². The van der Waals surface area contributed by atoms with Crippen molar-refractivity contribution in [1.82, 2.24) is 0 Å². The van der Waals surface area contributed by atoms with Crippen LogP contribution in [0.3, 0.4) is 0 Å². The van der Waals surface area contributed by atoms with Crippen molar-refractivity contribution in [3.05, 3.63) is 0 Å². The van der Waals surface area contributed by atoms with E-state index in [-0.39, 0.29) is 11.9 Å². The number of carbonyl (C=O) groups excluding carboxylic acids is 1. The Morgan fingerprint density at radius 3 is 2.23 bits per heavy atom. The summed E-state index contributed by atoms with van der Waals surface area (Å²) in [6.07, 6.45) is 0. The molecule has 0 radical (unpaired) electrons. The molecule has 0 aromatic heterocycles. The number of esters is 1. The van der Waals surface area contributed by atoms with Crippen LogP contribution in [0.25, 0.3) is 0 Å². The fourth-order valence-electron chi connectivity index (χ4n) is 0.654. The molecule has 0 aliphatic rings. The molecule has 0 amide bonds. The fraction of sp³-hybridized carbons (Fsp3) is 0.889. The molecule has 1 atom stereocenters. The quantitative estimate of drug-likeness (QED) is 0.620. The van der Waals surface area contributed by atoms with Gasteiger partial charge in [-0.25, -0.2) is 0 Å². The number of hydrogen-bond donors (Lipinski definition) is 2. The molecule has 13 heavy (non-hydrogen) atoms. The van der Waals surface area contributed by atoms with Crippen molar-refractivity contribution in [3.63, 3.8) is 0 Å². The van der Waals surface area contributed by atoms with Crippen LogP contribution in [0.5, 0.6) is 0 Å². The Morgan fingerprint density at radius 1 is 1.46 bits per heavy atom. The maximum Gasteiger partial charge on any atom is 0.323 e. The summed E-state index contributed by atoms with van der Waals surface area (Å²) < 4.78 is 5.12. The van der Waals surface area contributed by atoms with Crippen LogP contribution in [0, 0.1) is 5.92 Å².